The molecule has 1 aliphatic carbocycles. The Balaban J connectivity index is 1.53. The van der Waals surface area contributed by atoms with Gasteiger partial charge in [0.15, 0.2) is 42.9 Å². The summed E-state index contributed by atoms with van der Waals surface area (Å²) in [5.41, 5.74) is -1.45. The van der Waals surface area contributed by atoms with Crippen LogP contribution >= 0.6 is 0 Å². The zero-order valence-corrected chi connectivity index (χ0v) is 35.7. The van der Waals surface area contributed by atoms with E-state index < -0.39 is 171 Å². The maximum absolute atomic E-state index is 12.5. The molecule has 4 aliphatic heterocycles. The fourth-order valence-corrected chi connectivity index (χ4v) is 8.08. The third-order valence-corrected chi connectivity index (χ3v) is 10.2. The molecule has 0 unspecified atom stereocenters. The van der Waals surface area contributed by atoms with Gasteiger partial charge in [-0.2, -0.15) is 0 Å². The topological polar surface area (TPSA) is 295 Å². The van der Waals surface area contributed by atoms with Gasteiger partial charge in [-0.1, -0.05) is 0 Å². The Morgan fingerprint density at radius 3 is 1.27 bits per heavy atom. The summed E-state index contributed by atoms with van der Waals surface area (Å²) >= 11 is 0. The van der Waals surface area contributed by atoms with E-state index in [1.807, 2.05) is 0 Å². The number of carbonyl (C=O) groups excluding carboxylic acids is 9. The molecule has 0 spiro atoms. The molecule has 0 N–H and O–H groups in total. The van der Waals surface area contributed by atoms with Crippen LogP contribution in [-0.2, 0) is 114 Å². The van der Waals surface area contributed by atoms with Gasteiger partial charge in [-0.3, -0.25) is 43.2 Å². The first-order valence-corrected chi connectivity index (χ1v) is 19.7. The van der Waals surface area contributed by atoms with E-state index in [0.717, 1.165) is 62.3 Å². The van der Waals surface area contributed by atoms with Crippen LogP contribution < -0.4 is 0 Å². The van der Waals surface area contributed by atoms with Gasteiger partial charge >= 0.3 is 53.7 Å². The molecule has 0 amide bonds. The number of rotatable bonds is 16. The molecule has 63 heavy (non-hydrogen) atoms. The number of hydrogen-bond acceptors (Lipinski definition) is 24. The summed E-state index contributed by atoms with van der Waals surface area (Å²) in [6.45, 7) is 8.25. The number of epoxide rings is 1. The first-order valence-electron chi connectivity index (χ1n) is 19.7. The molecular weight excluding hydrogens is 852 g/mol. The molecule has 4 fully saturated rings. The third-order valence-electron chi connectivity index (χ3n) is 10.2. The van der Waals surface area contributed by atoms with Gasteiger partial charge in [0.1, 0.15) is 43.7 Å². The highest BCUT2D eigenvalue weighted by Crippen LogP contribution is 2.61. The van der Waals surface area contributed by atoms with Crippen LogP contribution in [-0.4, -0.2) is 159 Å². The molecule has 3 saturated heterocycles. The summed E-state index contributed by atoms with van der Waals surface area (Å²) in [5.74, 6) is -9.23. The van der Waals surface area contributed by atoms with E-state index in [0.29, 0.717) is 0 Å². The highest BCUT2D eigenvalue weighted by Gasteiger charge is 2.78. The van der Waals surface area contributed by atoms with Gasteiger partial charge in [-0.05, 0) is 6.08 Å². The van der Waals surface area contributed by atoms with E-state index in [4.69, 9.17) is 71.1 Å². The summed E-state index contributed by atoms with van der Waals surface area (Å²) in [4.78, 5) is 110. The first-order chi connectivity index (χ1) is 29.6. The molecule has 5 rings (SSSR count). The maximum atomic E-state index is 12.5. The molecule has 4 heterocycles. The van der Waals surface area contributed by atoms with Gasteiger partial charge in [0.2, 0.25) is 12.6 Å². The van der Waals surface area contributed by atoms with Crippen molar-refractivity contribution >= 4 is 53.7 Å². The van der Waals surface area contributed by atoms with Crippen LogP contribution in [0.4, 0.5) is 0 Å². The smallest absolute Gasteiger partial charge is 0.303 e. The highest BCUT2D eigenvalue weighted by molar-refractivity contribution is 5.70. The van der Waals surface area contributed by atoms with Gasteiger partial charge in [0.05, 0.1) is 18.3 Å². The average molecular weight is 903 g/mol. The summed E-state index contributed by atoms with van der Waals surface area (Å²) in [6, 6.07) is 0. The number of ether oxygens (including phenoxy) is 15. The van der Waals surface area contributed by atoms with Crippen LogP contribution in [0.3, 0.4) is 0 Å². The largest absolute Gasteiger partial charge is 0.472 e. The summed E-state index contributed by atoms with van der Waals surface area (Å²) in [5, 5.41) is 0. The molecule has 16 atom stereocenters. The Kier molecular flexibility index (Phi) is 15.7. The van der Waals surface area contributed by atoms with Crippen molar-refractivity contribution in [3.05, 3.63) is 12.3 Å². The van der Waals surface area contributed by atoms with Crippen molar-refractivity contribution < 1.29 is 114 Å². The number of esters is 9. The summed E-state index contributed by atoms with van der Waals surface area (Å²) in [6.07, 6.45) is -16.2. The Labute approximate surface area is 359 Å². The van der Waals surface area contributed by atoms with Crippen LogP contribution in [0, 0.1) is 11.8 Å². The average Bonchev–Trinajstić information content (AvgIpc) is 3.83. The lowest BCUT2D eigenvalue weighted by Gasteiger charge is -2.46. The third kappa shape index (κ3) is 11.8. The standard InChI is InChI=1S/C39H50O24/c1-15(40)50-12-25-29(53-18(4)43)31(55-20(6)45)33(57-22(8)47)37(59-25)61-28-24-10-11-49-36(27(24)39(35(28)63-39)14-52-17(3)42)62-38-34(58-23(9)48)32(56-21(7)46)30(54-19(5)44)26(60-38)13-51-16(2)41/h10-11,24-38H,12-14H2,1-9H3/t24-,25-,26-,27-,28+,29+,30-,31+,32+,33-,34-,35+,36+,37-,38+,39-/m1/s1. The van der Waals surface area contributed by atoms with Gasteiger partial charge in [0, 0.05) is 68.2 Å². The van der Waals surface area contributed by atoms with Crippen LogP contribution in [0.25, 0.3) is 0 Å². The second-order valence-electron chi connectivity index (χ2n) is 15.1. The molecule has 350 valence electrons. The lowest BCUT2D eigenvalue weighted by Crippen LogP contribution is -2.64. The number of carbonyl (C=O) groups is 9. The number of hydrogen-bond donors (Lipinski definition) is 0. The monoisotopic (exact) mass is 902 g/mol. The van der Waals surface area contributed by atoms with Gasteiger partial charge in [0.25, 0.3) is 0 Å². The number of fused-ring (bicyclic) bond motifs is 3. The van der Waals surface area contributed by atoms with Crippen molar-refractivity contribution in [3.8, 4) is 0 Å². The molecule has 24 nitrogen and oxygen atoms in total. The fourth-order valence-electron chi connectivity index (χ4n) is 8.08. The molecule has 0 aromatic heterocycles. The Bertz CT molecular complexity index is 1810. The first kappa shape index (κ1) is 48.6. The fraction of sp³-hybridized carbons (Fsp3) is 0.718. The van der Waals surface area contributed by atoms with Crippen LogP contribution in [0.15, 0.2) is 12.3 Å². The van der Waals surface area contributed by atoms with E-state index in [9.17, 15) is 43.2 Å². The molecule has 0 aromatic rings. The molecule has 24 heteroatoms. The molecule has 5 aliphatic rings. The lowest BCUT2D eigenvalue weighted by atomic mass is 9.85. The normalized spacial score (nSPS) is 36.0. The van der Waals surface area contributed by atoms with Crippen molar-refractivity contribution in [2.45, 2.75) is 148 Å². The van der Waals surface area contributed by atoms with E-state index >= 15 is 0 Å². The zero-order chi connectivity index (χ0) is 46.5. The van der Waals surface area contributed by atoms with Crippen LogP contribution in [0.2, 0.25) is 0 Å². The minimum absolute atomic E-state index is 0.401. The Hall–Kier alpha value is -5.43. The highest BCUT2D eigenvalue weighted by atomic mass is 16.8. The van der Waals surface area contributed by atoms with E-state index in [1.165, 1.54) is 6.26 Å². The lowest BCUT2D eigenvalue weighted by molar-refractivity contribution is -0.349. The second-order valence-corrected chi connectivity index (χ2v) is 15.1. The van der Waals surface area contributed by atoms with Crippen molar-refractivity contribution in [3.63, 3.8) is 0 Å². The van der Waals surface area contributed by atoms with E-state index in [-0.39, 0.29) is 0 Å². The van der Waals surface area contributed by atoms with E-state index in [2.05, 4.69) is 0 Å². The maximum Gasteiger partial charge on any atom is 0.303 e. The molecular formula is C39H50O24. The van der Waals surface area contributed by atoms with Crippen molar-refractivity contribution in [1.82, 2.24) is 0 Å². The minimum atomic E-state index is -1.72. The van der Waals surface area contributed by atoms with Crippen LogP contribution in [0.1, 0.15) is 62.3 Å². The SMILES string of the molecule is CC(=O)OC[C@H]1O[C@H](O[C@H]2[C@@H]3C=CO[C@@H](O[C@@H]4O[C@H](COC(C)=O)[C@@H](OC(C)=O)[C@H](OC(C)=O)[C@H]4OC(C)=O)[C@@H]3[C@@]3(COC(C)=O)O[C@@H]23)[C@H](OC(C)=O)[C@@H](OC(C)=O)[C@H]1OC(C)=O. The van der Waals surface area contributed by atoms with E-state index in [1.54, 1.807) is 6.08 Å². The summed E-state index contributed by atoms with van der Waals surface area (Å²) in [7, 11) is 0. The summed E-state index contributed by atoms with van der Waals surface area (Å²) < 4.78 is 86.4. The Morgan fingerprint density at radius 2 is 0.857 bits per heavy atom. The molecule has 0 radical (unpaired) electrons. The van der Waals surface area contributed by atoms with Gasteiger partial charge < -0.3 is 71.1 Å². The second kappa shape index (κ2) is 20.4. The zero-order valence-electron chi connectivity index (χ0n) is 35.7. The van der Waals surface area contributed by atoms with Crippen LogP contribution in [0.5, 0.6) is 0 Å². The van der Waals surface area contributed by atoms with Crippen molar-refractivity contribution in [1.29, 1.82) is 0 Å². The molecule has 1 saturated carbocycles. The molecule has 0 aromatic carbocycles. The van der Waals surface area contributed by atoms with Crippen molar-refractivity contribution in [2.75, 3.05) is 19.8 Å². The van der Waals surface area contributed by atoms with Crippen molar-refractivity contribution in [2.24, 2.45) is 11.8 Å². The quantitative estimate of drug-likeness (QED) is 0.106. The van der Waals surface area contributed by atoms with Gasteiger partial charge in [-0.25, -0.2) is 0 Å². The van der Waals surface area contributed by atoms with Gasteiger partial charge in [-0.15, -0.1) is 0 Å². The minimum Gasteiger partial charge on any atom is -0.472 e. The Morgan fingerprint density at radius 1 is 0.460 bits per heavy atom. The molecule has 0 bridgehead atoms. The predicted molar refractivity (Wildman–Crippen MR) is 195 cm³/mol. The predicted octanol–water partition coefficient (Wildman–Crippen LogP) is -0.629.